The van der Waals surface area contributed by atoms with Crippen molar-refractivity contribution in [2.45, 2.75) is 57.0 Å². The summed E-state index contributed by atoms with van der Waals surface area (Å²) in [5.74, 6) is -1.44. The van der Waals surface area contributed by atoms with Crippen LogP contribution in [0.15, 0.2) is 48.5 Å². The zero-order valence-electron chi connectivity index (χ0n) is 18.8. The van der Waals surface area contributed by atoms with Crippen LogP contribution in [0.3, 0.4) is 0 Å². The van der Waals surface area contributed by atoms with Gasteiger partial charge in [0.25, 0.3) is 0 Å². The molecule has 0 saturated heterocycles. The third-order valence-corrected chi connectivity index (χ3v) is 6.79. The third kappa shape index (κ3) is 5.02. The molecule has 7 nitrogen and oxygen atoms in total. The summed E-state index contributed by atoms with van der Waals surface area (Å²) in [4.78, 5) is 36.0. The van der Waals surface area contributed by atoms with E-state index in [1.165, 1.54) is 22.3 Å². The number of carbonyl (C=O) groups excluding carboxylic acids is 2. The first-order chi connectivity index (χ1) is 16.0. The first-order valence-corrected chi connectivity index (χ1v) is 11.6. The van der Waals surface area contributed by atoms with E-state index >= 15 is 0 Å². The van der Waals surface area contributed by atoms with Gasteiger partial charge in [0.15, 0.2) is 0 Å². The van der Waals surface area contributed by atoms with Crippen molar-refractivity contribution in [1.29, 1.82) is 0 Å². The number of amides is 2. The van der Waals surface area contributed by atoms with Gasteiger partial charge in [0, 0.05) is 17.9 Å². The normalized spacial score (nSPS) is 20.3. The van der Waals surface area contributed by atoms with E-state index in [1.54, 1.807) is 6.92 Å². The van der Waals surface area contributed by atoms with Crippen LogP contribution in [0, 0.1) is 5.92 Å². The summed E-state index contributed by atoms with van der Waals surface area (Å²) in [6.45, 7) is 2.00. The Morgan fingerprint density at radius 2 is 1.55 bits per heavy atom. The largest absolute Gasteiger partial charge is 0.480 e. The summed E-state index contributed by atoms with van der Waals surface area (Å²) >= 11 is 0. The molecule has 2 aliphatic carbocycles. The number of carboxylic acid groups (broad SMARTS) is 1. The molecule has 7 heteroatoms. The lowest BCUT2D eigenvalue weighted by molar-refractivity contribution is -0.142. The molecule has 1 fully saturated rings. The van der Waals surface area contributed by atoms with Gasteiger partial charge < -0.3 is 20.5 Å². The molecule has 0 unspecified atom stereocenters. The Morgan fingerprint density at radius 1 is 0.970 bits per heavy atom. The molecule has 0 bridgehead atoms. The van der Waals surface area contributed by atoms with Gasteiger partial charge in [-0.05, 0) is 54.4 Å². The highest BCUT2D eigenvalue weighted by atomic mass is 16.5. The number of nitrogens with one attached hydrogen (secondary N) is 2. The van der Waals surface area contributed by atoms with Crippen LogP contribution < -0.4 is 10.6 Å². The molecule has 0 aliphatic heterocycles. The molecule has 2 aliphatic rings. The lowest BCUT2D eigenvalue weighted by Crippen LogP contribution is -2.45. The highest BCUT2D eigenvalue weighted by molar-refractivity contribution is 5.85. The maximum Gasteiger partial charge on any atom is 0.407 e. The molecule has 0 radical (unpaired) electrons. The molecule has 1 saturated carbocycles. The van der Waals surface area contributed by atoms with Crippen LogP contribution in [0.5, 0.6) is 0 Å². The summed E-state index contributed by atoms with van der Waals surface area (Å²) in [6.07, 6.45) is 2.44. The fraction of sp³-hybridized carbons (Fsp3) is 0.423. The fourth-order valence-electron chi connectivity index (χ4n) is 4.93. The molecule has 174 valence electrons. The van der Waals surface area contributed by atoms with E-state index in [4.69, 9.17) is 9.84 Å². The van der Waals surface area contributed by atoms with Crippen LogP contribution in [0.4, 0.5) is 4.79 Å². The molecule has 33 heavy (non-hydrogen) atoms. The van der Waals surface area contributed by atoms with E-state index in [-0.39, 0.29) is 30.4 Å². The van der Waals surface area contributed by atoms with E-state index in [0.29, 0.717) is 32.1 Å². The molecular weight excluding hydrogens is 420 g/mol. The minimum absolute atomic E-state index is 0.0170. The molecule has 2 aromatic carbocycles. The quantitative estimate of drug-likeness (QED) is 0.590. The number of carboxylic acids is 1. The van der Waals surface area contributed by atoms with Crippen LogP contribution >= 0.6 is 0 Å². The second-order valence-electron chi connectivity index (χ2n) is 8.83. The Morgan fingerprint density at radius 3 is 2.09 bits per heavy atom. The number of aliphatic carboxylic acids is 1. The van der Waals surface area contributed by atoms with Crippen molar-refractivity contribution in [3.63, 3.8) is 0 Å². The lowest BCUT2D eigenvalue weighted by atomic mass is 9.85. The van der Waals surface area contributed by atoms with Crippen molar-refractivity contribution in [2.24, 2.45) is 5.92 Å². The minimum atomic E-state index is -1.02. The first-order valence-electron chi connectivity index (χ1n) is 11.6. The number of hydrogen-bond donors (Lipinski definition) is 3. The smallest absolute Gasteiger partial charge is 0.407 e. The maximum absolute atomic E-state index is 12.5. The molecule has 1 atom stereocenters. The summed E-state index contributed by atoms with van der Waals surface area (Å²) in [6, 6.07) is 15.5. The molecule has 2 aromatic rings. The van der Waals surface area contributed by atoms with Crippen LogP contribution in [0.25, 0.3) is 11.1 Å². The Hall–Kier alpha value is -3.35. The van der Waals surface area contributed by atoms with Crippen LogP contribution in [-0.4, -0.2) is 41.8 Å². The number of benzene rings is 2. The SMILES string of the molecule is CC[C@H](NC(=O)C1CCC(NC(=O)OCC2c3ccccc3-c3ccccc32)CC1)C(=O)O. The predicted octanol–water partition coefficient (Wildman–Crippen LogP) is 4.06. The number of alkyl carbamates (subject to hydrolysis) is 1. The molecule has 2 amide bonds. The minimum Gasteiger partial charge on any atom is -0.480 e. The highest BCUT2D eigenvalue weighted by Crippen LogP contribution is 2.44. The van der Waals surface area contributed by atoms with E-state index in [2.05, 4.69) is 34.9 Å². The molecule has 0 aromatic heterocycles. The fourth-order valence-corrected chi connectivity index (χ4v) is 4.93. The van der Waals surface area contributed by atoms with Crippen LogP contribution in [-0.2, 0) is 14.3 Å². The first kappa shape index (κ1) is 22.8. The van der Waals surface area contributed by atoms with Crippen molar-refractivity contribution in [1.82, 2.24) is 10.6 Å². The number of hydrogen-bond acceptors (Lipinski definition) is 4. The topological polar surface area (TPSA) is 105 Å². The van der Waals surface area contributed by atoms with Crippen LogP contribution in [0.1, 0.15) is 56.1 Å². The van der Waals surface area contributed by atoms with Gasteiger partial charge in [-0.2, -0.15) is 0 Å². The van der Waals surface area contributed by atoms with Gasteiger partial charge in [-0.3, -0.25) is 4.79 Å². The Labute approximate surface area is 193 Å². The Balaban J connectivity index is 1.26. The van der Waals surface area contributed by atoms with E-state index in [9.17, 15) is 14.4 Å². The second-order valence-corrected chi connectivity index (χ2v) is 8.83. The number of ether oxygens (including phenoxy) is 1. The molecule has 0 spiro atoms. The van der Waals surface area contributed by atoms with E-state index < -0.39 is 18.1 Å². The van der Waals surface area contributed by atoms with Gasteiger partial charge in [0.05, 0.1) is 0 Å². The van der Waals surface area contributed by atoms with Crippen molar-refractivity contribution >= 4 is 18.0 Å². The van der Waals surface area contributed by atoms with Gasteiger partial charge >= 0.3 is 12.1 Å². The molecule has 4 rings (SSSR count). The maximum atomic E-state index is 12.5. The molecule has 3 N–H and O–H groups in total. The zero-order chi connectivity index (χ0) is 23.4. The molecule has 0 heterocycles. The number of carbonyl (C=O) groups is 3. The van der Waals surface area contributed by atoms with Crippen molar-refractivity contribution in [2.75, 3.05) is 6.61 Å². The average molecular weight is 451 g/mol. The van der Waals surface area contributed by atoms with E-state index in [0.717, 1.165) is 0 Å². The van der Waals surface area contributed by atoms with Gasteiger partial charge in [0.2, 0.25) is 5.91 Å². The lowest BCUT2D eigenvalue weighted by Gasteiger charge is -2.29. The number of fused-ring (bicyclic) bond motifs is 3. The Bertz CT molecular complexity index is 983. The average Bonchev–Trinajstić information content (AvgIpc) is 3.15. The van der Waals surface area contributed by atoms with Gasteiger partial charge in [-0.25, -0.2) is 9.59 Å². The van der Waals surface area contributed by atoms with Gasteiger partial charge in [-0.15, -0.1) is 0 Å². The number of rotatable bonds is 7. The summed E-state index contributed by atoms with van der Waals surface area (Å²) in [7, 11) is 0. The monoisotopic (exact) mass is 450 g/mol. The standard InChI is InChI=1S/C26H30N2O5/c1-2-23(25(30)31)28-24(29)16-11-13-17(14-12-16)27-26(32)33-15-22-20-9-5-3-7-18(20)19-8-4-6-10-21(19)22/h3-10,16-17,22-23H,2,11-15H2,1H3,(H,27,32)(H,28,29)(H,30,31)/t16?,17?,23-/m0/s1. The zero-order valence-corrected chi connectivity index (χ0v) is 18.8. The van der Waals surface area contributed by atoms with Crippen molar-refractivity contribution in [3.8, 4) is 11.1 Å². The van der Waals surface area contributed by atoms with Gasteiger partial charge in [-0.1, -0.05) is 55.5 Å². The molecular formula is C26H30N2O5. The summed E-state index contributed by atoms with van der Waals surface area (Å²) in [5, 5.41) is 14.7. The van der Waals surface area contributed by atoms with Gasteiger partial charge in [0.1, 0.15) is 12.6 Å². The second kappa shape index (κ2) is 10.1. The summed E-state index contributed by atoms with van der Waals surface area (Å²) < 4.78 is 5.62. The third-order valence-electron chi connectivity index (χ3n) is 6.79. The summed E-state index contributed by atoms with van der Waals surface area (Å²) in [5.41, 5.74) is 4.72. The Kier molecular flexibility index (Phi) is 6.96. The van der Waals surface area contributed by atoms with Crippen molar-refractivity contribution < 1.29 is 24.2 Å². The van der Waals surface area contributed by atoms with Crippen LogP contribution in [0.2, 0.25) is 0 Å². The van der Waals surface area contributed by atoms with Crippen molar-refractivity contribution in [3.05, 3.63) is 59.7 Å². The predicted molar refractivity (Wildman–Crippen MR) is 124 cm³/mol. The van der Waals surface area contributed by atoms with E-state index in [1.807, 2.05) is 24.3 Å². The highest BCUT2D eigenvalue weighted by Gasteiger charge is 2.31.